The van der Waals surface area contributed by atoms with Crippen molar-refractivity contribution in [2.75, 3.05) is 0 Å². The van der Waals surface area contributed by atoms with Crippen molar-refractivity contribution in [3.8, 4) is 11.1 Å². The van der Waals surface area contributed by atoms with Crippen LogP contribution in [0.25, 0.3) is 23.4 Å². The van der Waals surface area contributed by atoms with Gasteiger partial charge in [0, 0.05) is 18.6 Å². The van der Waals surface area contributed by atoms with Crippen LogP contribution < -0.4 is 0 Å². The van der Waals surface area contributed by atoms with E-state index < -0.39 is 0 Å². The van der Waals surface area contributed by atoms with E-state index in [2.05, 4.69) is 60.8 Å². The van der Waals surface area contributed by atoms with Crippen molar-refractivity contribution < 1.29 is 0 Å². The van der Waals surface area contributed by atoms with E-state index in [9.17, 15) is 0 Å². The molecular weight excluding hydrogens is 230 g/mol. The maximum atomic E-state index is 2.16. The first-order chi connectivity index (χ1) is 9.42. The van der Waals surface area contributed by atoms with Crippen LogP contribution in [0.15, 0.2) is 79.1 Å². The number of rotatable bonds is 3. The minimum atomic E-state index is 1.20. The van der Waals surface area contributed by atoms with Crippen molar-refractivity contribution in [2.45, 2.75) is 0 Å². The Labute approximate surface area is 113 Å². The second-order valence-corrected chi connectivity index (χ2v) is 4.43. The third kappa shape index (κ3) is 2.83. The van der Waals surface area contributed by atoms with E-state index in [1.165, 1.54) is 16.7 Å². The summed E-state index contributed by atoms with van der Waals surface area (Å²) < 4.78 is 2.03. The Bertz CT molecular complexity index is 647. The lowest BCUT2D eigenvalue weighted by Crippen LogP contribution is -1.80. The molecule has 0 aliphatic carbocycles. The summed E-state index contributed by atoms with van der Waals surface area (Å²) in [5, 5.41) is 0. The molecule has 0 aliphatic heterocycles. The second kappa shape index (κ2) is 5.40. The van der Waals surface area contributed by atoms with Crippen LogP contribution >= 0.6 is 0 Å². The standard InChI is InChI=1S/C18H15N/c1-2-6-17(7-3-1)18-10-8-16(9-11-18)12-15-19-13-4-5-14-19/h1-15H/b15-12+. The zero-order valence-electron chi connectivity index (χ0n) is 10.6. The molecule has 0 N–H and O–H groups in total. The molecule has 0 bridgehead atoms. The maximum Gasteiger partial charge on any atom is 0.00879 e. The van der Waals surface area contributed by atoms with E-state index in [0.717, 1.165) is 0 Å². The number of aromatic nitrogens is 1. The molecule has 0 saturated carbocycles. The fourth-order valence-electron chi connectivity index (χ4n) is 2.04. The molecular formula is C18H15N. The molecule has 3 aromatic rings. The third-order valence-corrected chi connectivity index (χ3v) is 3.08. The lowest BCUT2D eigenvalue weighted by atomic mass is 10.0. The normalized spacial score (nSPS) is 10.9. The number of hydrogen-bond donors (Lipinski definition) is 0. The number of nitrogens with zero attached hydrogens (tertiary/aromatic N) is 1. The lowest BCUT2D eigenvalue weighted by molar-refractivity contribution is 1.18. The Hall–Kier alpha value is -2.54. The van der Waals surface area contributed by atoms with Gasteiger partial charge in [-0.1, -0.05) is 54.6 Å². The summed E-state index contributed by atoms with van der Waals surface area (Å²) in [5.74, 6) is 0. The van der Waals surface area contributed by atoms with Crippen LogP contribution in [0.3, 0.4) is 0 Å². The SMILES string of the molecule is C(=C\n1cccc1)/c1ccc(-c2ccccc2)cc1. The van der Waals surface area contributed by atoms with Crippen LogP contribution in [-0.2, 0) is 0 Å². The van der Waals surface area contributed by atoms with E-state index in [1.54, 1.807) is 0 Å². The number of benzene rings is 2. The highest BCUT2D eigenvalue weighted by Gasteiger charge is 1.95. The van der Waals surface area contributed by atoms with Gasteiger partial charge >= 0.3 is 0 Å². The molecule has 1 heterocycles. The number of hydrogen-bond acceptors (Lipinski definition) is 0. The van der Waals surface area contributed by atoms with Crippen LogP contribution in [0.1, 0.15) is 5.56 Å². The Morgan fingerprint density at radius 2 is 1.26 bits per heavy atom. The zero-order chi connectivity index (χ0) is 12.9. The first-order valence-electron chi connectivity index (χ1n) is 6.38. The first kappa shape index (κ1) is 11.5. The molecule has 0 saturated heterocycles. The van der Waals surface area contributed by atoms with Crippen molar-refractivity contribution in [2.24, 2.45) is 0 Å². The predicted octanol–water partition coefficient (Wildman–Crippen LogP) is 4.78. The minimum absolute atomic E-state index is 1.20. The van der Waals surface area contributed by atoms with Crippen LogP contribution in [0.5, 0.6) is 0 Å². The zero-order valence-corrected chi connectivity index (χ0v) is 10.6. The van der Waals surface area contributed by atoms with E-state index in [-0.39, 0.29) is 0 Å². The second-order valence-electron chi connectivity index (χ2n) is 4.43. The average Bonchev–Trinajstić information content (AvgIpc) is 3.00. The van der Waals surface area contributed by atoms with Crippen LogP contribution in [0.2, 0.25) is 0 Å². The highest BCUT2D eigenvalue weighted by Crippen LogP contribution is 2.19. The highest BCUT2D eigenvalue weighted by molar-refractivity contribution is 5.67. The van der Waals surface area contributed by atoms with Gasteiger partial charge in [-0.2, -0.15) is 0 Å². The van der Waals surface area contributed by atoms with E-state index in [1.807, 2.05) is 35.2 Å². The molecule has 0 fully saturated rings. The van der Waals surface area contributed by atoms with Gasteiger partial charge in [0.2, 0.25) is 0 Å². The van der Waals surface area contributed by atoms with Crippen molar-refractivity contribution in [1.29, 1.82) is 0 Å². The average molecular weight is 245 g/mol. The fourth-order valence-corrected chi connectivity index (χ4v) is 2.04. The first-order valence-corrected chi connectivity index (χ1v) is 6.38. The summed E-state index contributed by atoms with van der Waals surface area (Å²) >= 11 is 0. The summed E-state index contributed by atoms with van der Waals surface area (Å²) in [6.07, 6.45) is 8.20. The molecule has 1 heteroatoms. The van der Waals surface area contributed by atoms with Crippen LogP contribution in [0, 0.1) is 0 Å². The summed E-state index contributed by atoms with van der Waals surface area (Å²) in [6.45, 7) is 0. The van der Waals surface area contributed by atoms with Gasteiger partial charge in [-0.05, 0) is 34.9 Å². The summed E-state index contributed by atoms with van der Waals surface area (Å²) in [5.41, 5.74) is 3.70. The minimum Gasteiger partial charge on any atom is -0.331 e. The molecule has 0 spiro atoms. The maximum absolute atomic E-state index is 2.16. The molecule has 0 radical (unpaired) electrons. The largest absolute Gasteiger partial charge is 0.331 e. The predicted molar refractivity (Wildman–Crippen MR) is 81.5 cm³/mol. The summed E-state index contributed by atoms with van der Waals surface area (Å²) in [7, 11) is 0. The van der Waals surface area contributed by atoms with Gasteiger partial charge in [0.15, 0.2) is 0 Å². The van der Waals surface area contributed by atoms with Crippen LogP contribution in [0.4, 0.5) is 0 Å². The Balaban J connectivity index is 1.80. The van der Waals surface area contributed by atoms with E-state index in [0.29, 0.717) is 0 Å². The highest BCUT2D eigenvalue weighted by atomic mass is 14.9. The van der Waals surface area contributed by atoms with Crippen molar-refractivity contribution in [3.63, 3.8) is 0 Å². The van der Waals surface area contributed by atoms with Gasteiger partial charge in [-0.25, -0.2) is 0 Å². The quantitative estimate of drug-likeness (QED) is 0.625. The van der Waals surface area contributed by atoms with Gasteiger partial charge in [0.25, 0.3) is 0 Å². The molecule has 0 amide bonds. The lowest BCUT2D eigenvalue weighted by Gasteiger charge is -2.01. The van der Waals surface area contributed by atoms with Gasteiger partial charge in [-0.15, -0.1) is 0 Å². The Morgan fingerprint density at radius 1 is 0.632 bits per heavy atom. The monoisotopic (exact) mass is 245 g/mol. The Morgan fingerprint density at radius 3 is 1.95 bits per heavy atom. The molecule has 2 aromatic carbocycles. The van der Waals surface area contributed by atoms with Crippen LogP contribution in [-0.4, -0.2) is 4.57 Å². The van der Waals surface area contributed by atoms with Gasteiger partial charge in [0.05, 0.1) is 0 Å². The molecule has 1 nitrogen and oxygen atoms in total. The van der Waals surface area contributed by atoms with Crippen molar-refractivity contribution in [3.05, 3.63) is 84.7 Å². The van der Waals surface area contributed by atoms with E-state index in [4.69, 9.17) is 0 Å². The topological polar surface area (TPSA) is 4.93 Å². The molecule has 0 unspecified atom stereocenters. The molecule has 19 heavy (non-hydrogen) atoms. The van der Waals surface area contributed by atoms with Gasteiger partial charge in [0.1, 0.15) is 0 Å². The third-order valence-electron chi connectivity index (χ3n) is 3.08. The molecule has 0 atom stereocenters. The molecule has 92 valence electrons. The van der Waals surface area contributed by atoms with E-state index >= 15 is 0 Å². The summed E-state index contributed by atoms with van der Waals surface area (Å²) in [4.78, 5) is 0. The van der Waals surface area contributed by atoms with Gasteiger partial charge in [-0.3, -0.25) is 0 Å². The van der Waals surface area contributed by atoms with Crippen molar-refractivity contribution in [1.82, 2.24) is 4.57 Å². The smallest absolute Gasteiger partial charge is 0.00879 e. The van der Waals surface area contributed by atoms with Gasteiger partial charge < -0.3 is 4.57 Å². The molecule has 0 aliphatic rings. The summed E-state index contributed by atoms with van der Waals surface area (Å²) in [6, 6.07) is 23.1. The molecule has 1 aromatic heterocycles. The fraction of sp³-hybridized carbons (Fsp3) is 0. The molecule has 3 rings (SSSR count). The van der Waals surface area contributed by atoms with Crippen molar-refractivity contribution >= 4 is 12.3 Å². The Kier molecular flexibility index (Phi) is 3.28.